The Kier molecular flexibility index (Phi) is 4.17. The number of rotatable bonds is 1. The summed E-state index contributed by atoms with van der Waals surface area (Å²) < 4.78 is 41.5. The number of alkyl halides is 3. The third-order valence-electron chi connectivity index (χ3n) is 6.18. The third kappa shape index (κ3) is 2.66. The summed E-state index contributed by atoms with van der Waals surface area (Å²) in [5.74, 6) is -1.91. The highest BCUT2D eigenvalue weighted by atomic mass is 19.4. The minimum Gasteiger partial charge on any atom is -0.293 e. The van der Waals surface area contributed by atoms with Crippen molar-refractivity contribution >= 4 is 17.3 Å². The zero-order valence-electron chi connectivity index (χ0n) is 17.0. The van der Waals surface area contributed by atoms with E-state index in [9.17, 15) is 27.6 Å². The van der Waals surface area contributed by atoms with Crippen LogP contribution in [-0.2, 0) is 20.3 Å². The Labute approximate surface area is 179 Å². The van der Waals surface area contributed by atoms with Crippen LogP contribution in [0.1, 0.15) is 38.5 Å². The molecular weight excluding hydrogens is 423 g/mol. The lowest BCUT2D eigenvalue weighted by atomic mass is 9.76. The van der Waals surface area contributed by atoms with Crippen LogP contribution in [0.2, 0.25) is 0 Å². The molecule has 1 aliphatic heterocycles. The number of ketones is 1. The van der Waals surface area contributed by atoms with Gasteiger partial charge in [0.15, 0.2) is 5.78 Å². The summed E-state index contributed by atoms with van der Waals surface area (Å²) in [6, 6.07) is 11.3. The van der Waals surface area contributed by atoms with Gasteiger partial charge in [-0.15, -0.1) is 0 Å². The molecule has 9 heteroatoms. The summed E-state index contributed by atoms with van der Waals surface area (Å²) in [6.45, 7) is 0. The van der Waals surface area contributed by atoms with Gasteiger partial charge in [-0.3, -0.25) is 18.7 Å². The molecular formula is C23H16F3N3O3. The highest BCUT2D eigenvalue weighted by molar-refractivity contribution is 6.30. The Bertz CT molecular complexity index is 1450. The first-order valence-corrected chi connectivity index (χ1v) is 9.80. The van der Waals surface area contributed by atoms with Crippen LogP contribution in [0.15, 0.2) is 63.1 Å². The summed E-state index contributed by atoms with van der Waals surface area (Å²) in [4.78, 5) is 43.6. The number of aromatic nitrogens is 2. The summed E-state index contributed by atoms with van der Waals surface area (Å²) in [6.07, 6.45) is -4.52. The normalized spacial score (nSPS) is 19.3. The van der Waals surface area contributed by atoms with Gasteiger partial charge in [-0.2, -0.15) is 13.2 Å². The number of halogens is 3. The van der Waals surface area contributed by atoms with Gasteiger partial charge in [0.05, 0.1) is 22.8 Å². The number of hydrogen-bond donors (Lipinski definition) is 0. The van der Waals surface area contributed by atoms with Crippen molar-refractivity contribution in [3.63, 3.8) is 0 Å². The molecule has 0 unspecified atom stereocenters. The molecule has 0 N–H and O–H groups in total. The van der Waals surface area contributed by atoms with E-state index in [0.717, 1.165) is 16.7 Å². The third-order valence-corrected chi connectivity index (χ3v) is 6.18. The Balaban J connectivity index is 1.83. The standard InChI is InChI=1S/C23H16F3N3O3/c1-28-20-17(21(31)29(2)22(28)32)15(11-7-9-12(10-8-11)23(24,25)26)16-18(27-20)13-5-3-4-6-14(13)19(16)30/h3-10,15-16H,1-2H3/t15-,16+/m1/s1. The van der Waals surface area contributed by atoms with E-state index in [1.807, 2.05) is 0 Å². The maximum atomic E-state index is 13.4. The quantitative estimate of drug-likeness (QED) is 0.585. The molecule has 2 aromatic carbocycles. The number of carbonyl (C=O) groups excluding carboxylic acids is 1. The van der Waals surface area contributed by atoms with E-state index in [-0.39, 0.29) is 17.2 Å². The summed E-state index contributed by atoms with van der Waals surface area (Å²) >= 11 is 0. The van der Waals surface area contributed by atoms with Crippen LogP contribution >= 0.6 is 0 Å². The molecule has 32 heavy (non-hydrogen) atoms. The van der Waals surface area contributed by atoms with Crippen molar-refractivity contribution in [2.45, 2.75) is 12.1 Å². The van der Waals surface area contributed by atoms with E-state index in [1.54, 1.807) is 24.3 Å². The maximum Gasteiger partial charge on any atom is 0.416 e. The largest absolute Gasteiger partial charge is 0.416 e. The fourth-order valence-corrected chi connectivity index (χ4v) is 4.61. The molecule has 2 atom stereocenters. The van der Waals surface area contributed by atoms with Crippen LogP contribution in [0.3, 0.4) is 0 Å². The van der Waals surface area contributed by atoms with Crippen LogP contribution in [0, 0.1) is 5.92 Å². The monoisotopic (exact) mass is 439 g/mol. The molecule has 1 aromatic heterocycles. The van der Waals surface area contributed by atoms with Crippen molar-refractivity contribution in [3.05, 3.63) is 97.2 Å². The molecule has 0 amide bonds. The molecule has 0 bridgehead atoms. The van der Waals surface area contributed by atoms with Crippen molar-refractivity contribution < 1.29 is 18.0 Å². The van der Waals surface area contributed by atoms with Gasteiger partial charge >= 0.3 is 11.9 Å². The van der Waals surface area contributed by atoms with Gasteiger partial charge in [-0.1, -0.05) is 36.4 Å². The fraction of sp³-hybridized carbons (Fsp3) is 0.217. The molecule has 0 spiro atoms. The van der Waals surface area contributed by atoms with Crippen LogP contribution in [0.5, 0.6) is 0 Å². The molecule has 0 saturated carbocycles. The zero-order valence-corrected chi connectivity index (χ0v) is 17.0. The zero-order chi connectivity index (χ0) is 22.9. The van der Waals surface area contributed by atoms with Crippen molar-refractivity contribution in [2.24, 2.45) is 25.0 Å². The van der Waals surface area contributed by atoms with Crippen molar-refractivity contribution in [1.29, 1.82) is 0 Å². The van der Waals surface area contributed by atoms with E-state index >= 15 is 0 Å². The number of benzene rings is 2. The second-order valence-electron chi connectivity index (χ2n) is 7.93. The van der Waals surface area contributed by atoms with Crippen LogP contribution in [0.25, 0.3) is 0 Å². The average Bonchev–Trinajstić information content (AvgIpc) is 3.06. The van der Waals surface area contributed by atoms with Crippen molar-refractivity contribution in [1.82, 2.24) is 9.13 Å². The average molecular weight is 439 g/mol. The van der Waals surface area contributed by atoms with Gasteiger partial charge in [0, 0.05) is 31.1 Å². The first-order chi connectivity index (χ1) is 15.1. The molecule has 1 aliphatic carbocycles. The number of fused-ring (bicyclic) bond motifs is 4. The Morgan fingerprint density at radius 3 is 2.09 bits per heavy atom. The molecule has 0 fully saturated rings. The van der Waals surface area contributed by atoms with Gasteiger partial charge in [0.2, 0.25) is 0 Å². The molecule has 3 aromatic rings. The number of aliphatic imine (C=N–C) groups is 1. The van der Waals surface area contributed by atoms with Crippen LogP contribution in [0.4, 0.5) is 19.0 Å². The van der Waals surface area contributed by atoms with Gasteiger partial charge in [-0.05, 0) is 17.7 Å². The molecule has 0 radical (unpaired) electrons. The lowest BCUT2D eigenvalue weighted by Gasteiger charge is -2.30. The Morgan fingerprint density at radius 1 is 0.844 bits per heavy atom. The fourth-order valence-electron chi connectivity index (χ4n) is 4.61. The number of carbonyl (C=O) groups is 1. The van der Waals surface area contributed by atoms with Crippen molar-refractivity contribution in [3.8, 4) is 0 Å². The maximum absolute atomic E-state index is 13.4. The van der Waals surface area contributed by atoms with Gasteiger partial charge in [0.25, 0.3) is 5.56 Å². The van der Waals surface area contributed by atoms with Gasteiger partial charge < -0.3 is 0 Å². The highest BCUT2D eigenvalue weighted by Gasteiger charge is 2.47. The number of hydrogen-bond acceptors (Lipinski definition) is 4. The lowest BCUT2D eigenvalue weighted by Crippen LogP contribution is -2.43. The number of Topliss-reactive ketones (excluding diaryl/α,β-unsaturated/α-hetero) is 1. The van der Waals surface area contributed by atoms with Gasteiger partial charge in [0.1, 0.15) is 5.82 Å². The Morgan fingerprint density at radius 2 is 1.47 bits per heavy atom. The van der Waals surface area contributed by atoms with Gasteiger partial charge in [-0.25, -0.2) is 9.79 Å². The predicted octanol–water partition coefficient (Wildman–Crippen LogP) is 3.18. The molecule has 5 rings (SSSR count). The van der Waals surface area contributed by atoms with E-state index in [2.05, 4.69) is 4.99 Å². The van der Waals surface area contributed by atoms with E-state index in [0.29, 0.717) is 22.4 Å². The van der Waals surface area contributed by atoms with Crippen molar-refractivity contribution in [2.75, 3.05) is 0 Å². The summed E-state index contributed by atoms with van der Waals surface area (Å²) in [7, 11) is 2.79. The topological polar surface area (TPSA) is 73.4 Å². The predicted molar refractivity (Wildman–Crippen MR) is 111 cm³/mol. The second kappa shape index (κ2) is 6.62. The molecule has 6 nitrogen and oxygen atoms in total. The highest BCUT2D eigenvalue weighted by Crippen LogP contribution is 2.46. The lowest BCUT2D eigenvalue weighted by molar-refractivity contribution is -0.137. The second-order valence-corrected chi connectivity index (χ2v) is 7.93. The number of nitrogens with zero attached hydrogens (tertiary/aromatic N) is 3. The summed E-state index contributed by atoms with van der Waals surface area (Å²) in [5.41, 5.74) is -0.120. The molecule has 162 valence electrons. The first-order valence-electron chi connectivity index (χ1n) is 9.80. The molecule has 2 aliphatic rings. The van der Waals surface area contributed by atoms with E-state index < -0.39 is 34.8 Å². The SMILES string of the molecule is Cn1c2c(c(=O)n(C)c1=O)[C@H](c1ccc(C(F)(F)F)cc1)[C@@H]1C(=O)c3ccccc3C1=N2. The molecule has 2 heterocycles. The van der Waals surface area contributed by atoms with Crippen LogP contribution in [-0.4, -0.2) is 20.6 Å². The smallest absolute Gasteiger partial charge is 0.293 e. The van der Waals surface area contributed by atoms with E-state index in [1.165, 1.54) is 30.8 Å². The first kappa shape index (κ1) is 20.2. The molecule has 0 saturated heterocycles. The Hall–Kier alpha value is -3.75. The minimum absolute atomic E-state index is 0.110. The van der Waals surface area contributed by atoms with E-state index in [4.69, 9.17) is 0 Å². The summed E-state index contributed by atoms with van der Waals surface area (Å²) in [5, 5.41) is 0. The van der Waals surface area contributed by atoms with Crippen LogP contribution < -0.4 is 11.2 Å². The minimum atomic E-state index is -4.52.